The summed E-state index contributed by atoms with van der Waals surface area (Å²) < 4.78 is 65.6. The zero-order chi connectivity index (χ0) is 14.6. The fourth-order valence-corrected chi connectivity index (χ4v) is 1.40. The normalized spacial score (nSPS) is 11.7. The highest BCUT2D eigenvalue weighted by Crippen LogP contribution is 2.33. The standard InChI is InChI=1S/C11H9F5O3/c12-10(13)19-8-3-2-7(11(14,15)16)5-6(8)1-4-9(17)18/h2-3,5,10H,1,4H2,(H,17,18). The summed E-state index contributed by atoms with van der Waals surface area (Å²) in [6.07, 6.45) is -5.45. The number of benzene rings is 1. The van der Waals surface area contributed by atoms with Crippen LogP contribution in [0.15, 0.2) is 18.2 Å². The van der Waals surface area contributed by atoms with E-state index in [1.54, 1.807) is 0 Å². The number of carboxylic acid groups (broad SMARTS) is 1. The smallest absolute Gasteiger partial charge is 0.416 e. The van der Waals surface area contributed by atoms with E-state index in [9.17, 15) is 26.7 Å². The van der Waals surface area contributed by atoms with Gasteiger partial charge in [-0.2, -0.15) is 22.0 Å². The molecule has 1 aromatic carbocycles. The highest BCUT2D eigenvalue weighted by molar-refractivity contribution is 5.67. The minimum absolute atomic E-state index is 0.225. The van der Waals surface area contributed by atoms with Gasteiger partial charge in [-0.3, -0.25) is 4.79 Å². The minimum Gasteiger partial charge on any atom is -0.481 e. The highest BCUT2D eigenvalue weighted by atomic mass is 19.4. The Labute approximate surface area is 104 Å². The van der Waals surface area contributed by atoms with Crippen molar-refractivity contribution in [3.63, 3.8) is 0 Å². The van der Waals surface area contributed by atoms with Gasteiger partial charge in [-0.15, -0.1) is 0 Å². The Bertz CT molecular complexity index is 456. The Morgan fingerprint density at radius 2 is 1.95 bits per heavy atom. The van der Waals surface area contributed by atoms with Gasteiger partial charge in [0.1, 0.15) is 5.75 Å². The van der Waals surface area contributed by atoms with Gasteiger partial charge in [0.25, 0.3) is 0 Å². The van der Waals surface area contributed by atoms with Gasteiger partial charge in [-0.05, 0) is 30.2 Å². The third-order valence-corrected chi connectivity index (χ3v) is 2.21. The fourth-order valence-electron chi connectivity index (χ4n) is 1.40. The molecule has 0 spiro atoms. The summed E-state index contributed by atoms with van der Waals surface area (Å²) in [6, 6.07) is 1.97. The van der Waals surface area contributed by atoms with Crippen LogP contribution >= 0.6 is 0 Å². The van der Waals surface area contributed by atoms with Crippen molar-refractivity contribution in [1.29, 1.82) is 0 Å². The first-order valence-electron chi connectivity index (χ1n) is 5.07. The van der Waals surface area contributed by atoms with Crippen molar-refractivity contribution in [2.24, 2.45) is 0 Å². The number of rotatable bonds is 5. The third kappa shape index (κ3) is 4.72. The summed E-state index contributed by atoms with van der Waals surface area (Å²) >= 11 is 0. The number of aliphatic carboxylic acids is 1. The molecule has 106 valence electrons. The summed E-state index contributed by atoms with van der Waals surface area (Å²) in [5.74, 6) is -1.70. The number of hydrogen-bond acceptors (Lipinski definition) is 2. The van der Waals surface area contributed by atoms with Crippen LogP contribution < -0.4 is 4.74 Å². The first-order chi connectivity index (χ1) is 8.70. The van der Waals surface area contributed by atoms with Crippen LogP contribution in [0.5, 0.6) is 5.75 Å². The van der Waals surface area contributed by atoms with Crippen LogP contribution in [0.25, 0.3) is 0 Å². The number of hydrogen-bond donors (Lipinski definition) is 1. The molecule has 0 aliphatic heterocycles. The molecule has 1 aromatic rings. The maximum atomic E-state index is 12.5. The van der Waals surface area contributed by atoms with Gasteiger partial charge < -0.3 is 9.84 Å². The molecule has 0 aliphatic carbocycles. The second kappa shape index (κ2) is 5.85. The van der Waals surface area contributed by atoms with Gasteiger partial charge in [0.05, 0.1) is 5.56 Å². The van der Waals surface area contributed by atoms with Crippen molar-refractivity contribution in [3.05, 3.63) is 29.3 Å². The Hall–Kier alpha value is -1.86. The Morgan fingerprint density at radius 3 is 2.42 bits per heavy atom. The van der Waals surface area contributed by atoms with Crippen molar-refractivity contribution >= 4 is 5.97 Å². The number of carbonyl (C=O) groups is 1. The summed E-state index contributed by atoms with van der Waals surface area (Å²) in [5, 5.41) is 8.47. The van der Waals surface area contributed by atoms with E-state index >= 15 is 0 Å². The average molecular weight is 284 g/mol. The van der Waals surface area contributed by atoms with E-state index in [2.05, 4.69) is 4.74 Å². The number of aryl methyl sites for hydroxylation is 1. The molecule has 1 rings (SSSR count). The highest BCUT2D eigenvalue weighted by Gasteiger charge is 2.31. The van der Waals surface area contributed by atoms with E-state index in [1.807, 2.05) is 0 Å². The van der Waals surface area contributed by atoms with Crippen molar-refractivity contribution < 1.29 is 36.6 Å². The molecule has 0 amide bonds. The number of ether oxygens (including phenoxy) is 1. The monoisotopic (exact) mass is 284 g/mol. The zero-order valence-electron chi connectivity index (χ0n) is 9.38. The van der Waals surface area contributed by atoms with Crippen molar-refractivity contribution in [1.82, 2.24) is 0 Å². The van der Waals surface area contributed by atoms with Crippen LogP contribution in [-0.4, -0.2) is 17.7 Å². The second-order valence-corrected chi connectivity index (χ2v) is 3.59. The Balaban J connectivity index is 3.06. The first kappa shape index (κ1) is 15.2. The lowest BCUT2D eigenvalue weighted by molar-refractivity contribution is -0.137. The van der Waals surface area contributed by atoms with Crippen molar-refractivity contribution in [3.8, 4) is 5.75 Å². The van der Waals surface area contributed by atoms with Crippen LogP contribution in [0.4, 0.5) is 22.0 Å². The predicted octanol–water partition coefficient (Wildman–Crippen LogP) is 3.32. The molecule has 0 saturated heterocycles. The second-order valence-electron chi connectivity index (χ2n) is 3.59. The molecule has 0 aromatic heterocycles. The van der Waals surface area contributed by atoms with Crippen LogP contribution in [0.3, 0.4) is 0 Å². The molecule has 0 fully saturated rings. The number of halogens is 5. The van der Waals surface area contributed by atoms with Gasteiger partial charge in [0, 0.05) is 6.42 Å². The quantitative estimate of drug-likeness (QED) is 0.844. The predicted molar refractivity (Wildman–Crippen MR) is 54.0 cm³/mol. The molecular weight excluding hydrogens is 275 g/mol. The fraction of sp³-hybridized carbons (Fsp3) is 0.364. The molecule has 0 radical (unpaired) electrons. The first-order valence-corrected chi connectivity index (χ1v) is 5.07. The SMILES string of the molecule is O=C(O)CCc1cc(C(F)(F)F)ccc1OC(F)F. The lowest BCUT2D eigenvalue weighted by atomic mass is 10.0. The van der Waals surface area contributed by atoms with Crippen LogP contribution in [0.2, 0.25) is 0 Å². The lowest BCUT2D eigenvalue weighted by Crippen LogP contribution is -2.09. The number of carboxylic acids is 1. The van der Waals surface area contributed by atoms with Crippen molar-refractivity contribution in [2.45, 2.75) is 25.6 Å². The molecule has 0 heterocycles. The summed E-state index contributed by atoms with van der Waals surface area (Å²) in [6.45, 7) is -3.19. The Morgan fingerprint density at radius 1 is 1.32 bits per heavy atom. The maximum absolute atomic E-state index is 12.5. The molecule has 0 unspecified atom stereocenters. The van der Waals surface area contributed by atoms with Gasteiger partial charge in [-0.25, -0.2) is 0 Å². The van der Waals surface area contributed by atoms with E-state index in [-0.39, 0.29) is 12.0 Å². The largest absolute Gasteiger partial charge is 0.481 e. The summed E-state index contributed by atoms with van der Waals surface area (Å²) in [4.78, 5) is 10.4. The van der Waals surface area contributed by atoms with Gasteiger partial charge in [0.15, 0.2) is 0 Å². The zero-order valence-corrected chi connectivity index (χ0v) is 9.38. The molecule has 19 heavy (non-hydrogen) atoms. The third-order valence-electron chi connectivity index (χ3n) is 2.21. The van der Waals surface area contributed by atoms with Gasteiger partial charge in [0.2, 0.25) is 0 Å². The molecule has 8 heteroatoms. The Kier molecular flexibility index (Phi) is 4.68. The molecule has 0 aliphatic rings. The average Bonchev–Trinajstić information content (AvgIpc) is 2.25. The van der Waals surface area contributed by atoms with Gasteiger partial charge >= 0.3 is 18.8 Å². The topological polar surface area (TPSA) is 46.5 Å². The van der Waals surface area contributed by atoms with Crippen LogP contribution in [0.1, 0.15) is 17.5 Å². The van der Waals surface area contributed by atoms with E-state index in [1.165, 1.54) is 0 Å². The van der Waals surface area contributed by atoms with E-state index < -0.39 is 36.5 Å². The lowest BCUT2D eigenvalue weighted by Gasteiger charge is -2.13. The van der Waals surface area contributed by atoms with Crippen molar-refractivity contribution in [2.75, 3.05) is 0 Å². The van der Waals surface area contributed by atoms with Gasteiger partial charge in [-0.1, -0.05) is 0 Å². The summed E-state index contributed by atoms with van der Waals surface area (Å²) in [5.41, 5.74) is -1.27. The molecule has 0 atom stereocenters. The van der Waals surface area contributed by atoms with E-state index in [0.29, 0.717) is 12.1 Å². The molecular formula is C11H9F5O3. The van der Waals surface area contributed by atoms with E-state index in [4.69, 9.17) is 5.11 Å². The number of alkyl halides is 5. The molecule has 1 N–H and O–H groups in total. The maximum Gasteiger partial charge on any atom is 0.416 e. The van der Waals surface area contributed by atoms with E-state index in [0.717, 1.165) is 6.07 Å². The molecule has 0 bridgehead atoms. The molecule has 0 saturated carbocycles. The van der Waals surface area contributed by atoms with Crippen LogP contribution in [0, 0.1) is 0 Å². The minimum atomic E-state index is -4.64. The van der Waals surface area contributed by atoms with Crippen LogP contribution in [-0.2, 0) is 17.4 Å². The molecule has 3 nitrogen and oxygen atoms in total. The summed E-state index contributed by atoms with van der Waals surface area (Å²) in [7, 11) is 0.